The summed E-state index contributed by atoms with van der Waals surface area (Å²) in [4.78, 5) is 2.53. The first-order valence-electron chi connectivity index (χ1n) is 7.17. The van der Waals surface area contributed by atoms with Crippen LogP contribution in [0.15, 0.2) is 42.5 Å². The zero-order chi connectivity index (χ0) is 13.0. The molecule has 1 nitrogen and oxygen atoms in total. The van der Waals surface area contributed by atoms with E-state index in [1.165, 1.54) is 23.2 Å². The summed E-state index contributed by atoms with van der Waals surface area (Å²) < 4.78 is 0. The molecular weight excluding hydrogens is 230 g/mol. The van der Waals surface area contributed by atoms with Gasteiger partial charge in [0.1, 0.15) is 0 Å². The Bertz CT molecular complexity index is 644. The molecule has 1 heteroatoms. The molecule has 0 aromatic heterocycles. The van der Waals surface area contributed by atoms with Crippen LogP contribution in [-0.4, -0.2) is 18.5 Å². The molecule has 19 heavy (non-hydrogen) atoms. The lowest BCUT2D eigenvalue weighted by molar-refractivity contribution is 0.211. The fourth-order valence-corrected chi connectivity index (χ4v) is 3.92. The van der Waals surface area contributed by atoms with Crippen molar-refractivity contribution in [3.05, 3.63) is 59.2 Å². The van der Waals surface area contributed by atoms with Crippen LogP contribution in [0.25, 0.3) is 11.1 Å². The lowest BCUT2D eigenvalue weighted by Crippen LogP contribution is -2.37. The molecule has 0 fully saturated rings. The second kappa shape index (κ2) is 3.94. The minimum Gasteiger partial charge on any atom is -0.298 e. The molecule has 4 rings (SSSR count). The van der Waals surface area contributed by atoms with E-state index in [0.29, 0.717) is 12.0 Å². The average Bonchev–Trinajstić information content (AvgIpc) is 2.44. The van der Waals surface area contributed by atoms with Crippen molar-refractivity contribution < 1.29 is 0 Å². The normalized spacial score (nSPS) is 24.7. The van der Waals surface area contributed by atoms with Crippen LogP contribution in [0.3, 0.4) is 0 Å². The Hall–Kier alpha value is -1.60. The third-order valence-corrected chi connectivity index (χ3v) is 4.82. The number of rotatable bonds is 0. The molecule has 2 aliphatic rings. The SMILES string of the molecule is CC1CN(C)C2Cc3ccccc3-c3cccc1c32. The van der Waals surface area contributed by atoms with E-state index in [-0.39, 0.29) is 0 Å². The van der Waals surface area contributed by atoms with Crippen LogP contribution in [-0.2, 0) is 6.42 Å². The minimum absolute atomic E-state index is 0.567. The molecule has 96 valence electrons. The number of fused-ring (bicyclic) bond motifs is 2. The number of hydrogen-bond acceptors (Lipinski definition) is 1. The molecule has 0 saturated carbocycles. The van der Waals surface area contributed by atoms with Gasteiger partial charge in [-0.25, -0.2) is 0 Å². The van der Waals surface area contributed by atoms with Crippen LogP contribution in [0.4, 0.5) is 0 Å². The van der Waals surface area contributed by atoms with Crippen LogP contribution in [0, 0.1) is 0 Å². The second-order valence-electron chi connectivity index (χ2n) is 6.03. The van der Waals surface area contributed by atoms with E-state index in [4.69, 9.17) is 0 Å². The largest absolute Gasteiger partial charge is 0.298 e. The van der Waals surface area contributed by atoms with Crippen molar-refractivity contribution in [2.45, 2.75) is 25.3 Å². The predicted molar refractivity (Wildman–Crippen MR) is 79.4 cm³/mol. The Labute approximate surface area is 114 Å². The Kier molecular flexibility index (Phi) is 2.33. The van der Waals surface area contributed by atoms with Crippen molar-refractivity contribution in [3.63, 3.8) is 0 Å². The highest BCUT2D eigenvalue weighted by atomic mass is 15.1. The standard InChI is InChI=1S/C18H19N/c1-12-11-19(2)17-10-13-6-3-4-7-15(13)16-9-5-8-14(12)18(16)17/h3-9,12,17H,10-11H2,1-2H3. The molecular formula is C18H19N. The van der Waals surface area contributed by atoms with Gasteiger partial charge in [-0.05, 0) is 47.2 Å². The molecule has 2 aromatic rings. The van der Waals surface area contributed by atoms with Gasteiger partial charge in [0.2, 0.25) is 0 Å². The molecule has 0 amide bonds. The van der Waals surface area contributed by atoms with Crippen LogP contribution >= 0.6 is 0 Å². The lowest BCUT2D eigenvalue weighted by Gasteiger charge is -2.42. The molecule has 0 saturated heterocycles. The molecule has 0 bridgehead atoms. The van der Waals surface area contributed by atoms with Gasteiger partial charge in [0.05, 0.1) is 0 Å². The maximum atomic E-state index is 2.53. The van der Waals surface area contributed by atoms with Gasteiger partial charge in [0, 0.05) is 12.6 Å². The smallest absolute Gasteiger partial charge is 0.0394 e. The van der Waals surface area contributed by atoms with E-state index < -0.39 is 0 Å². The molecule has 2 aromatic carbocycles. The maximum Gasteiger partial charge on any atom is 0.0394 e. The van der Waals surface area contributed by atoms with Gasteiger partial charge >= 0.3 is 0 Å². The van der Waals surface area contributed by atoms with E-state index >= 15 is 0 Å². The number of benzene rings is 2. The number of hydrogen-bond donors (Lipinski definition) is 0. The molecule has 0 N–H and O–H groups in total. The Morgan fingerprint density at radius 3 is 2.68 bits per heavy atom. The van der Waals surface area contributed by atoms with E-state index in [1.54, 1.807) is 11.1 Å². The third-order valence-electron chi connectivity index (χ3n) is 4.82. The van der Waals surface area contributed by atoms with Crippen molar-refractivity contribution >= 4 is 0 Å². The van der Waals surface area contributed by atoms with Gasteiger partial charge in [-0.1, -0.05) is 49.4 Å². The molecule has 0 radical (unpaired) electrons. The highest BCUT2D eigenvalue weighted by molar-refractivity contribution is 5.75. The highest BCUT2D eigenvalue weighted by Crippen LogP contribution is 2.46. The van der Waals surface area contributed by atoms with Crippen LogP contribution in [0.2, 0.25) is 0 Å². The van der Waals surface area contributed by atoms with Gasteiger partial charge in [0.25, 0.3) is 0 Å². The van der Waals surface area contributed by atoms with Crippen LogP contribution in [0.1, 0.15) is 35.6 Å². The summed E-state index contributed by atoms with van der Waals surface area (Å²) in [6.07, 6.45) is 1.16. The monoisotopic (exact) mass is 249 g/mol. The van der Waals surface area contributed by atoms with Crippen molar-refractivity contribution in [2.24, 2.45) is 0 Å². The van der Waals surface area contributed by atoms with Crippen molar-refractivity contribution in [1.29, 1.82) is 0 Å². The maximum absolute atomic E-state index is 2.53. The Morgan fingerprint density at radius 2 is 1.79 bits per heavy atom. The average molecular weight is 249 g/mol. The zero-order valence-electron chi connectivity index (χ0n) is 11.6. The fourth-order valence-electron chi connectivity index (χ4n) is 3.92. The molecule has 0 spiro atoms. The first-order valence-corrected chi connectivity index (χ1v) is 7.17. The summed E-state index contributed by atoms with van der Waals surface area (Å²) in [7, 11) is 2.27. The third kappa shape index (κ3) is 1.51. The molecule has 1 heterocycles. The first-order chi connectivity index (χ1) is 9.25. The Balaban J connectivity index is 2.03. The van der Waals surface area contributed by atoms with Crippen LogP contribution < -0.4 is 0 Å². The lowest BCUT2D eigenvalue weighted by atomic mass is 9.75. The van der Waals surface area contributed by atoms with Crippen molar-refractivity contribution in [2.75, 3.05) is 13.6 Å². The molecule has 2 atom stereocenters. The minimum atomic E-state index is 0.567. The van der Waals surface area contributed by atoms with Gasteiger partial charge in [-0.2, -0.15) is 0 Å². The van der Waals surface area contributed by atoms with E-state index in [0.717, 1.165) is 6.42 Å². The topological polar surface area (TPSA) is 3.24 Å². The summed E-state index contributed by atoms with van der Waals surface area (Å²) in [6.45, 7) is 3.52. The molecule has 1 aliphatic carbocycles. The number of likely N-dealkylation sites (N-methyl/N-ethyl adjacent to an activating group) is 1. The summed E-state index contributed by atoms with van der Waals surface area (Å²) in [6, 6.07) is 16.3. The van der Waals surface area contributed by atoms with E-state index in [2.05, 4.69) is 61.3 Å². The summed E-state index contributed by atoms with van der Waals surface area (Å²) in [5.41, 5.74) is 7.55. The second-order valence-corrected chi connectivity index (χ2v) is 6.03. The quantitative estimate of drug-likeness (QED) is 0.682. The van der Waals surface area contributed by atoms with Crippen molar-refractivity contribution in [3.8, 4) is 11.1 Å². The molecule has 1 aliphatic heterocycles. The zero-order valence-corrected chi connectivity index (χ0v) is 11.6. The number of nitrogens with zero attached hydrogens (tertiary/aromatic N) is 1. The van der Waals surface area contributed by atoms with Gasteiger partial charge < -0.3 is 0 Å². The predicted octanol–water partition coefficient (Wildman–Crippen LogP) is 4.00. The van der Waals surface area contributed by atoms with Crippen molar-refractivity contribution in [1.82, 2.24) is 4.90 Å². The summed E-state index contributed by atoms with van der Waals surface area (Å²) in [5.74, 6) is 0.640. The molecule has 2 unspecified atom stereocenters. The van der Waals surface area contributed by atoms with Gasteiger partial charge in [0.15, 0.2) is 0 Å². The van der Waals surface area contributed by atoms with Gasteiger partial charge in [-0.15, -0.1) is 0 Å². The summed E-state index contributed by atoms with van der Waals surface area (Å²) in [5, 5.41) is 0. The highest BCUT2D eigenvalue weighted by Gasteiger charge is 2.34. The first kappa shape index (κ1) is 11.2. The van der Waals surface area contributed by atoms with E-state index in [9.17, 15) is 0 Å². The summed E-state index contributed by atoms with van der Waals surface area (Å²) >= 11 is 0. The fraction of sp³-hybridized carbons (Fsp3) is 0.333. The van der Waals surface area contributed by atoms with Gasteiger partial charge in [-0.3, -0.25) is 4.90 Å². The Morgan fingerprint density at radius 1 is 1.00 bits per heavy atom. The van der Waals surface area contributed by atoms with E-state index in [1.807, 2.05) is 0 Å². The van der Waals surface area contributed by atoms with Crippen LogP contribution in [0.5, 0.6) is 0 Å².